The molecule has 2 heterocycles. The molecule has 2 aromatic rings. The molecule has 15 heavy (non-hydrogen) atoms. The van der Waals surface area contributed by atoms with Crippen molar-refractivity contribution in [3.63, 3.8) is 0 Å². The summed E-state index contributed by atoms with van der Waals surface area (Å²) in [4.78, 5) is 4.19. The fourth-order valence-corrected chi connectivity index (χ4v) is 2.05. The van der Waals surface area contributed by atoms with Gasteiger partial charge >= 0.3 is 0 Å². The molecule has 0 spiro atoms. The fraction of sp³-hybridized carbons (Fsp3) is 0.364. The van der Waals surface area contributed by atoms with E-state index < -0.39 is 0 Å². The van der Waals surface area contributed by atoms with Crippen LogP contribution in [0.4, 0.5) is 0 Å². The highest BCUT2D eigenvalue weighted by Crippen LogP contribution is 2.17. The monoisotopic (exact) mass is 267 g/mol. The molecule has 0 radical (unpaired) electrons. The number of aromatic nitrogens is 2. The minimum atomic E-state index is 0.523. The van der Waals surface area contributed by atoms with Crippen LogP contribution >= 0.6 is 15.9 Å². The van der Waals surface area contributed by atoms with Crippen LogP contribution in [0.1, 0.15) is 12.5 Å². The lowest BCUT2D eigenvalue weighted by Gasteiger charge is -2.08. The fourth-order valence-electron chi connectivity index (χ4n) is 1.62. The maximum Gasteiger partial charge on any atom is 0.131 e. The largest absolute Gasteiger partial charge is 0.330 e. The number of nitrogens with zero attached hydrogens (tertiary/aromatic N) is 2. The Hall–Kier alpha value is -0.870. The molecule has 0 aromatic carbocycles. The normalized spacial score (nSPS) is 13.3. The van der Waals surface area contributed by atoms with Gasteiger partial charge in [0.2, 0.25) is 0 Å². The van der Waals surface area contributed by atoms with Gasteiger partial charge in [-0.2, -0.15) is 0 Å². The smallest absolute Gasteiger partial charge is 0.131 e. The van der Waals surface area contributed by atoms with Gasteiger partial charge < -0.3 is 10.1 Å². The first-order valence-corrected chi connectivity index (χ1v) is 5.81. The SMILES string of the molecule is CC(CN)Cc1ccc2c(Br)ncn2c1. The zero-order valence-electron chi connectivity index (χ0n) is 8.65. The van der Waals surface area contributed by atoms with Gasteiger partial charge in [-0.05, 0) is 46.4 Å². The Labute approximate surface area is 97.4 Å². The van der Waals surface area contributed by atoms with Crippen molar-refractivity contribution < 1.29 is 0 Å². The van der Waals surface area contributed by atoms with E-state index in [0.29, 0.717) is 5.92 Å². The molecule has 0 amide bonds. The van der Waals surface area contributed by atoms with Crippen LogP contribution in [0.3, 0.4) is 0 Å². The maximum atomic E-state index is 5.61. The summed E-state index contributed by atoms with van der Waals surface area (Å²) in [5.74, 6) is 0.523. The summed E-state index contributed by atoms with van der Waals surface area (Å²) in [7, 11) is 0. The average Bonchev–Trinajstić information content (AvgIpc) is 2.60. The minimum Gasteiger partial charge on any atom is -0.330 e. The van der Waals surface area contributed by atoms with Crippen LogP contribution in [0.5, 0.6) is 0 Å². The highest BCUT2D eigenvalue weighted by Gasteiger charge is 2.04. The Morgan fingerprint density at radius 1 is 1.53 bits per heavy atom. The summed E-state index contributed by atoms with van der Waals surface area (Å²) in [5.41, 5.74) is 8.00. The van der Waals surface area contributed by atoms with Gasteiger partial charge in [0, 0.05) is 6.20 Å². The van der Waals surface area contributed by atoms with E-state index in [4.69, 9.17) is 5.73 Å². The van der Waals surface area contributed by atoms with Gasteiger partial charge in [0.15, 0.2) is 0 Å². The van der Waals surface area contributed by atoms with Crippen LogP contribution < -0.4 is 5.73 Å². The van der Waals surface area contributed by atoms with Crippen LogP contribution in [-0.4, -0.2) is 15.9 Å². The predicted molar refractivity (Wildman–Crippen MR) is 64.8 cm³/mol. The van der Waals surface area contributed by atoms with E-state index >= 15 is 0 Å². The summed E-state index contributed by atoms with van der Waals surface area (Å²) in [6, 6.07) is 4.21. The molecule has 1 unspecified atom stereocenters. The second-order valence-electron chi connectivity index (χ2n) is 3.91. The maximum absolute atomic E-state index is 5.61. The molecule has 0 aliphatic heterocycles. The molecule has 0 saturated heterocycles. The molecule has 3 nitrogen and oxygen atoms in total. The molecule has 1 atom stereocenters. The lowest BCUT2D eigenvalue weighted by atomic mass is 10.0. The second-order valence-corrected chi connectivity index (χ2v) is 4.66. The number of pyridine rings is 1. The van der Waals surface area contributed by atoms with E-state index in [9.17, 15) is 0 Å². The lowest BCUT2D eigenvalue weighted by Crippen LogP contribution is -2.13. The molecule has 0 fully saturated rings. The number of halogens is 1. The highest BCUT2D eigenvalue weighted by atomic mass is 79.9. The van der Waals surface area contributed by atoms with Crippen molar-refractivity contribution in [2.24, 2.45) is 11.7 Å². The number of rotatable bonds is 3. The summed E-state index contributed by atoms with van der Waals surface area (Å²) in [6.07, 6.45) is 4.94. The van der Waals surface area contributed by atoms with E-state index in [1.165, 1.54) is 5.56 Å². The van der Waals surface area contributed by atoms with Gasteiger partial charge in [0.1, 0.15) is 10.9 Å². The zero-order chi connectivity index (χ0) is 10.8. The topological polar surface area (TPSA) is 43.3 Å². The standard InChI is InChI=1S/C11H14BrN3/c1-8(5-13)4-9-2-3-10-11(12)14-7-15(10)6-9/h2-3,6-8H,4-5,13H2,1H3. The predicted octanol–water partition coefficient (Wildman–Crippen LogP) is 2.23. The van der Waals surface area contributed by atoms with Crippen molar-refractivity contribution in [1.29, 1.82) is 0 Å². The Kier molecular flexibility index (Phi) is 3.07. The van der Waals surface area contributed by atoms with Gasteiger partial charge in [0.05, 0.1) is 5.52 Å². The van der Waals surface area contributed by atoms with Crippen molar-refractivity contribution in [2.45, 2.75) is 13.3 Å². The summed E-state index contributed by atoms with van der Waals surface area (Å²) < 4.78 is 2.92. The Bertz CT molecular complexity index is 464. The molecule has 2 N–H and O–H groups in total. The second kappa shape index (κ2) is 4.33. The molecule has 80 valence electrons. The van der Waals surface area contributed by atoms with Crippen molar-refractivity contribution >= 4 is 21.4 Å². The molecular weight excluding hydrogens is 254 g/mol. The summed E-state index contributed by atoms with van der Waals surface area (Å²) in [6.45, 7) is 2.89. The molecule has 2 aromatic heterocycles. The molecule has 0 saturated carbocycles. The lowest BCUT2D eigenvalue weighted by molar-refractivity contribution is 0.591. The van der Waals surface area contributed by atoms with Crippen LogP contribution in [0.15, 0.2) is 29.3 Å². The third-order valence-corrected chi connectivity index (χ3v) is 3.14. The van der Waals surface area contributed by atoms with Crippen molar-refractivity contribution in [3.8, 4) is 0 Å². The van der Waals surface area contributed by atoms with Gasteiger partial charge in [-0.1, -0.05) is 13.0 Å². The first-order valence-electron chi connectivity index (χ1n) is 5.02. The molecule has 4 heteroatoms. The van der Waals surface area contributed by atoms with E-state index in [1.54, 1.807) is 0 Å². The van der Waals surface area contributed by atoms with Gasteiger partial charge in [0.25, 0.3) is 0 Å². The van der Waals surface area contributed by atoms with E-state index in [0.717, 1.165) is 23.1 Å². The summed E-state index contributed by atoms with van der Waals surface area (Å²) >= 11 is 3.40. The quantitative estimate of drug-likeness (QED) is 0.927. The van der Waals surface area contributed by atoms with E-state index in [1.807, 2.05) is 10.7 Å². The number of hydrogen-bond acceptors (Lipinski definition) is 2. The molecule has 0 aliphatic carbocycles. The molecule has 0 aliphatic rings. The Balaban J connectivity index is 2.31. The van der Waals surface area contributed by atoms with Crippen LogP contribution in [0.2, 0.25) is 0 Å². The molecule has 0 bridgehead atoms. The van der Waals surface area contributed by atoms with Crippen LogP contribution in [0.25, 0.3) is 5.52 Å². The zero-order valence-corrected chi connectivity index (χ0v) is 10.2. The van der Waals surface area contributed by atoms with E-state index in [-0.39, 0.29) is 0 Å². The highest BCUT2D eigenvalue weighted by molar-refractivity contribution is 9.10. The number of imidazole rings is 1. The van der Waals surface area contributed by atoms with Gasteiger partial charge in [-0.25, -0.2) is 4.98 Å². The average molecular weight is 268 g/mol. The number of nitrogens with two attached hydrogens (primary N) is 1. The van der Waals surface area contributed by atoms with E-state index in [2.05, 4.69) is 46.2 Å². The van der Waals surface area contributed by atoms with Crippen LogP contribution in [-0.2, 0) is 6.42 Å². The van der Waals surface area contributed by atoms with Crippen LogP contribution in [0, 0.1) is 5.92 Å². The Morgan fingerprint density at radius 2 is 2.33 bits per heavy atom. The third-order valence-electron chi connectivity index (χ3n) is 2.53. The third kappa shape index (κ3) is 2.21. The van der Waals surface area contributed by atoms with Crippen molar-refractivity contribution in [3.05, 3.63) is 34.8 Å². The van der Waals surface area contributed by atoms with Gasteiger partial charge in [-0.3, -0.25) is 0 Å². The minimum absolute atomic E-state index is 0.523. The first kappa shape index (κ1) is 10.6. The van der Waals surface area contributed by atoms with Gasteiger partial charge in [-0.15, -0.1) is 0 Å². The molecular formula is C11H14BrN3. The summed E-state index contributed by atoms with van der Waals surface area (Å²) in [5, 5.41) is 0. The molecule has 2 rings (SSSR count). The number of hydrogen-bond donors (Lipinski definition) is 1. The number of fused-ring (bicyclic) bond motifs is 1. The van der Waals surface area contributed by atoms with Crippen molar-refractivity contribution in [2.75, 3.05) is 6.54 Å². The first-order chi connectivity index (χ1) is 7.20. The van der Waals surface area contributed by atoms with Crippen molar-refractivity contribution in [1.82, 2.24) is 9.38 Å². The Morgan fingerprint density at radius 3 is 3.07 bits per heavy atom.